The van der Waals surface area contributed by atoms with Crippen molar-refractivity contribution >= 4 is 11.9 Å². The van der Waals surface area contributed by atoms with E-state index in [9.17, 15) is 9.59 Å². The molecule has 6 heteroatoms. The minimum absolute atomic E-state index is 0.435. The van der Waals surface area contributed by atoms with E-state index in [4.69, 9.17) is 20.7 Å². The molecule has 1 aromatic carbocycles. The molecule has 120 valence electrons. The van der Waals surface area contributed by atoms with Gasteiger partial charge in [-0.25, -0.2) is 0 Å². The molecular formula is C16H21NO5. The number of hydrogen-bond donors (Lipinski definition) is 3. The molecule has 1 fully saturated rings. The lowest BCUT2D eigenvalue weighted by molar-refractivity contribution is -0.143. The van der Waals surface area contributed by atoms with Gasteiger partial charge < -0.3 is 20.7 Å². The molecule has 1 aliphatic carbocycles. The van der Waals surface area contributed by atoms with Crippen LogP contribution in [-0.2, 0) is 9.59 Å². The van der Waals surface area contributed by atoms with Crippen LogP contribution in [0.1, 0.15) is 43.6 Å². The Morgan fingerprint density at radius 3 is 2.27 bits per heavy atom. The van der Waals surface area contributed by atoms with Crippen molar-refractivity contribution in [3.05, 3.63) is 29.8 Å². The van der Waals surface area contributed by atoms with Crippen LogP contribution in [0.15, 0.2) is 24.3 Å². The van der Waals surface area contributed by atoms with E-state index in [2.05, 4.69) is 0 Å². The number of nitrogens with two attached hydrogens (primary N) is 1. The Bertz CT molecular complexity index is 522. The Morgan fingerprint density at radius 2 is 1.77 bits per heavy atom. The molecule has 0 radical (unpaired) electrons. The molecule has 0 amide bonds. The average Bonchev–Trinajstić information content (AvgIpc) is 3.00. The van der Waals surface area contributed by atoms with Crippen molar-refractivity contribution in [2.45, 2.75) is 50.2 Å². The zero-order valence-corrected chi connectivity index (χ0v) is 12.3. The van der Waals surface area contributed by atoms with Crippen molar-refractivity contribution < 1.29 is 24.5 Å². The summed E-state index contributed by atoms with van der Waals surface area (Å²) in [6, 6.07) is 6.02. The van der Waals surface area contributed by atoms with Crippen molar-refractivity contribution in [2.24, 2.45) is 5.73 Å². The van der Waals surface area contributed by atoms with Gasteiger partial charge >= 0.3 is 11.9 Å². The maximum Gasteiger partial charge on any atom is 0.324 e. The molecule has 1 aliphatic rings. The number of ether oxygens (including phenoxy) is 1. The Morgan fingerprint density at radius 1 is 1.18 bits per heavy atom. The average molecular weight is 307 g/mol. The monoisotopic (exact) mass is 307 g/mol. The fourth-order valence-corrected chi connectivity index (χ4v) is 2.83. The zero-order valence-electron chi connectivity index (χ0n) is 12.3. The Labute approximate surface area is 128 Å². The maximum absolute atomic E-state index is 10.9. The number of benzene rings is 1. The molecule has 0 spiro atoms. The van der Waals surface area contributed by atoms with Crippen LogP contribution >= 0.6 is 0 Å². The minimum Gasteiger partial charge on any atom is -0.488 e. The van der Waals surface area contributed by atoms with Gasteiger partial charge in [0.05, 0.1) is 6.42 Å². The molecule has 2 rings (SSSR count). The second-order valence-corrected chi connectivity index (χ2v) is 5.67. The summed E-state index contributed by atoms with van der Waals surface area (Å²) < 4.78 is 5.48. The molecule has 0 aromatic heterocycles. The molecule has 0 heterocycles. The van der Waals surface area contributed by atoms with Gasteiger partial charge in [0.1, 0.15) is 17.9 Å². The maximum atomic E-state index is 10.9. The van der Waals surface area contributed by atoms with Crippen LogP contribution < -0.4 is 10.5 Å². The summed E-state index contributed by atoms with van der Waals surface area (Å²) in [5.41, 5.74) is 6.74. The highest BCUT2D eigenvalue weighted by molar-refractivity contribution is 5.76. The Balaban J connectivity index is 2.05. The molecule has 0 aliphatic heterocycles. The van der Waals surface area contributed by atoms with Gasteiger partial charge in [0.25, 0.3) is 0 Å². The van der Waals surface area contributed by atoms with Crippen LogP contribution in [0, 0.1) is 0 Å². The normalized spacial score (nSPS) is 17.9. The van der Waals surface area contributed by atoms with Gasteiger partial charge in [0, 0.05) is 0 Å². The number of hydrogen-bond acceptors (Lipinski definition) is 4. The van der Waals surface area contributed by atoms with Crippen molar-refractivity contribution in [3.8, 4) is 5.75 Å². The van der Waals surface area contributed by atoms with Gasteiger partial charge in [-0.15, -0.1) is 0 Å². The van der Waals surface area contributed by atoms with Crippen molar-refractivity contribution in [3.63, 3.8) is 0 Å². The lowest BCUT2D eigenvalue weighted by Crippen LogP contribution is -2.46. The number of carbonyl (C=O) groups is 2. The standard InChI is InChI=1S/C16H21NO5/c17-15(16(20)21)13(9-14(18)19)22-12-7-5-11(6-8-12)10-3-1-2-4-10/h5-8,10,13,15H,1-4,9,17H2,(H,18,19)(H,20,21)/t13?,15-/m0/s1. The van der Waals surface area contributed by atoms with Gasteiger partial charge in [-0.2, -0.15) is 0 Å². The number of rotatable bonds is 7. The van der Waals surface area contributed by atoms with E-state index in [1.165, 1.54) is 31.2 Å². The van der Waals surface area contributed by atoms with Gasteiger partial charge in [0.15, 0.2) is 0 Å². The highest BCUT2D eigenvalue weighted by Gasteiger charge is 2.28. The number of carboxylic acid groups (broad SMARTS) is 2. The lowest BCUT2D eigenvalue weighted by atomic mass is 9.98. The molecule has 1 aromatic rings. The third-order valence-corrected chi connectivity index (χ3v) is 4.06. The summed E-state index contributed by atoms with van der Waals surface area (Å²) in [5, 5.41) is 17.8. The van der Waals surface area contributed by atoms with Crippen molar-refractivity contribution in [2.75, 3.05) is 0 Å². The van der Waals surface area contributed by atoms with E-state index < -0.39 is 30.5 Å². The van der Waals surface area contributed by atoms with E-state index >= 15 is 0 Å². The van der Waals surface area contributed by atoms with E-state index in [1.54, 1.807) is 12.1 Å². The fourth-order valence-electron chi connectivity index (χ4n) is 2.83. The molecule has 1 saturated carbocycles. The van der Waals surface area contributed by atoms with E-state index in [-0.39, 0.29) is 0 Å². The van der Waals surface area contributed by atoms with Crippen LogP contribution in [0.3, 0.4) is 0 Å². The first-order valence-corrected chi connectivity index (χ1v) is 7.44. The highest BCUT2D eigenvalue weighted by atomic mass is 16.5. The van der Waals surface area contributed by atoms with Gasteiger partial charge in [-0.05, 0) is 36.5 Å². The van der Waals surface area contributed by atoms with E-state index in [0.717, 1.165) is 0 Å². The first-order valence-electron chi connectivity index (χ1n) is 7.44. The third kappa shape index (κ3) is 4.21. The molecule has 6 nitrogen and oxygen atoms in total. The van der Waals surface area contributed by atoms with Crippen molar-refractivity contribution in [1.29, 1.82) is 0 Å². The van der Waals surface area contributed by atoms with Gasteiger partial charge in [-0.1, -0.05) is 25.0 Å². The molecule has 22 heavy (non-hydrogen) atoms. The molecule has 2 atom stereocenters. The minimum atomic E-state index is -1.38. The molecule has 0 bridgehead atoms. The summed E-state index contributed by atoms with van der Waals surface area (Å²) in [4.78, 5) is 21.8. The van der Waals surface area contributed by atoms with Crippen LogP contribution in [0.5, 0.6) is 5.75 Å². The van der Waals surface area contributed by atoms with Crippen LogP contribution in [-0.4, -0.2) is 34.3 Å². The Kier molecular flexibility index (Phi) is 5.38. The predicted octanol–water partition coefficient (Wildman–Crippen LogP) is 1.98. The quantitative estimate of drug-likeness (QED) is 0.710. The molecule has 0 saturated heterocycles. The fraction of sp³-hybridized carbons (Fsp3) is 0.500. The summed E-state index contributed by atoms with van der Waals surface area (Å²) in [7, 11) is 0. The number of aliphatic carboxylic acids is 2. The second-order valence-electron chi connectivity index (χ2n) is 5.67. The zero-order chi connectivity index (χ0) is 16.1. The highest BCUT2D eigenvalue weighted by Crippen LogP contribution is 2.34. The number of carboxylic acids is 2. The topological polar surface area (TPSA) is 110 Å². The first-order chi connectivity index (χ1) is 10.5. The van der Waals surface area contributed by atoms with Crippen LogP contribution in [0.2, 0.25) is 0 Å². The smallest absolute Gasteiger partial charge is 0.324 e. The van der Waals surface area contributed by atoms with E-state index in [0.29, 0.717) is 11.7 Å². The van der Waals surface area contributed by atoms with Crippen LogP contribution in [0.25, 0.3) is 0 Å². The van der Waals surface area contributed by atoms with Crippen molar-refractivity contribution in [1.82, 2.24) is 0 Å². The van der Waals surface area contributed by atoms with Gasteiger partial charge in [-0.3, -0.25) is 9.59 Å². The predicted molar refractivity (Wildman–Crippen MR) is 79.9 cm³/mol. The summed E-state index contributed by atoms with van der Waals surface area (Å²) in [6.45, 7) is 0. The second kappa shape index (κ2) is 7.26. The summed E-state index contributed by atoms with van der Waals surface area (Å²) in [6.07, 6.45) is 3.30. The first kappa shape index (κ1) is 16.3. The Hall–Kier alpha value is -2.08. The van der Waals surface area contributed by atoms with Crippen LogP contribution in [0.4, 0.5) is 0 Å². The SMILES string of the molecule is N[C@H](C(=O)O)C(CC(=O)O)Oc1ccc(C2CCCC2)cc1. The summed E-state index contributed by atoms with van der Waals surface area (Å²) >= 11 is 0. The van der Waals surface area contributed by atoms with E-state index in [1.807, 2.05) is 12.1 Å². The molecular weight excluding hydrogens is 286 g/mol. The molecule has 1 unspecified atom stereocenters. The van der Waals surface area contributed by atoms with Gasteiger partial charge in [0.2, 0.25) is 0 Å². The molecule has 4 N–H and O–H groups in total. The third-order valence-electron chi connectivity index (χ3n) is 4.06. The summed E-state index contributed by atoms with van der Waals surface area (Å²) in [5.74, 6) is -1.42. The lowest BCUT2D eigenvalue weighted by Gasteiger charge is -2.21. The largest absolute Gasteiger partial charge is 0.488 e.